The summed E-state index contributed by atoms with van der Waals surface area (Å²) in [6.45, 7) is 9.02. The topological polar surface area (TPSA) is 67.7 Å². The fourth-order valence-electron chi connectivity index (χ4n) is 6.90. The molecule has 0 atom stereocenters. The number of aromatic nitrogens is 6. The summed E-state index contributed by atoms with van der Waals surface area (Å²) in [6, 6.07) is 33.1. The van der Waals surface area contributed by atoms with Gasteiger partial charge in [-0.15, -0.1) is 14.6 Å². The van der Waals surface area contributed by atoms with Crippen LogP contribution in [0, 0.1) is 0 Å². The molecule has 8 nitrogen and oxygen atoms in total. The molecule has 0 spiro atoms. The lowest BCUT2D eigenvalue weighted by atomic mass is 9.81. The van der Waals surface area contributed by atoms with Gasteiger partial charge in [-0.1, -0.05) is 105 Å². The number of rotatable bonds is 6. The summed E-state index contributed by atoms with van der Waals surface area (Å²) in [4.78, 5) is 3.81. The van der Waals surface area contributed by atoms with E-state index in [-0.39, 0.29) is 10.8 Å². The van der Waals surface area contributed by atoms with Gasteiger partial charge in [-0.2, -0.15) is 0 Å². The van der Waals surface area contributed by atoms with Crippen molar-refractivity contribution in [3.63, 3.8) is 0 Å². The molecule has 6 aromatic rings. The maximum Gasteiger partial charge on any atom is 0.180 e. The van der Waals surface area contributed by atoms with Crippen LogP contribution in [0.4, 0.5) is 11.4 Å². The van der Waals surface area contributed by atoms with Gasteiger partial charge in [0.1, 0.15) is 22.3 Å². The second-order valence-electron chi connectivity index (χ2n) is 12.9. The fourth-order valence-corrected chi connectivity index (χ4v) is 6.90. The van der Waals surface area contributed by atoms with Crippen LogP contribution in [-0.4, -0.2) is 35.9 Å². The monoisotopic (exact) mass is 615 g/mol. The third-order valence-corrected chi connectivity index (χ3v) is 9.35. The molecule has 4 heterocycles. The van der Waals surface area contributed by atoms with Gasteiger partial charge < -0.3 is 0 Å². The van der Waals surface area contributed by atoms with Crippen LogP contribution in [0.15, 0.2) is 145 Å². The highest BCUT2D eigenvalue weighted by molar-refractivity contribution is 6.08. The van der Waals surface area contributed by atoms with E-state index in [1.165, 1.54) is 11.1 Å². The first-order valence-electron chi connectivity index (χ1n) is 15.9. The lowest BCUT2D eigenvalue weighted by Crippen LogP contribution is -2.32. The van der Waals surface area contributed by atoms with Crippen LogP contribution in [-0.2, 0) is 10.8 Å². The molecule has 230 valence electrons. The van der Waals surface area contributed by atoms with Crippen LogP contribution >= 0.6 is 0 Å². The van der Waals surface area contributed by atoms with E-state index in [0.717, 1.165) is 44.9 Å². The Morgan fingerprint density at radius 1 is 0.596 bits per heavy atom. The van der Waals surface area contributed by atoms with Crippen molar-refractivity contribution in [1.29, 1.82) is 0 Å². The summed E-state index contributed by atoms with van der Waals surface area (Å²) in [5.74, 6) is 0. The first kappa shape index (κ1) is 28.6. The van der Waals surface area contributed by atoms with Crippen LogP contribution < -0.4 is 9.69 Å². The number of fused-ring (bicyclic) bond motifs is 4. The molecule has 0 radical (unpaired) electrons. The van der Waals surface area contributed by atoms with Crippen molar-refractivity contribution in [2.75, 3.05) is 5.01 Å². The number of anilines is 1. The molecule has 0 saturated heterocycles. The van der Waals surface area contributed by atoms with Gasteiger partial charge >= 0.3 is 0 Å². The normalized spacial score (nSPS) is 17.8. The molecule has 2 aliphatic heterocycles. The maximum absolute atomic E-state index is 4.55. The van der Waals surface area contributed by atoms with Crippen molar-refractivity contribution in [3.05, 3.63) is 156 Å². The molecule has 0 N–H and O–H groups in total. The number of allylic oxidation sites excluding steroid dienone is 8. The Bertz CT molecular complexity index is 2330. The number of benzene rings is 4. The number of hydrogen-bond acceptors (Lipinski definition) is 5. The molecule has 8 heteroatoms. The SMILES string of the molecule is CC1(C)C(=CC=CC=CC=CC2=[N+](n3nnc4ccccc43)c3ccccc3C2(C)C)N(n2nnc3ccccc32)c2ccccc21. The Kier molecular flexibility index (Phi) is 6.61. The molecular formula is C39H35N8+. The summed E-state index contributed by atoms with van der Waals surface area (Å²) < 4.78 is 2.18. The molecule has 47 heavy (non-hydrogen) atoms. The number of hydrogen-bond donors (Lipinski definition) is 0. The highest BCUT2D eigenvalue weighted by Crippen LogP contribution is 2.48. The standard InChI is InChI=1S/C39H35N8/c1-38(2)28-18-10-14-22-32(28)44(46-34-24-16-12-20-30(34)40-42-46)36(38)26-8-6-5-7-9-27-37-39(3,4)29-19-11-15-23-33(29)45(37)47-35-25-17-13-21-31(35)41-43-47/h5-27H,1-4H3/q+1. The van der Waals surface area contributed by atoms with Gasteiger partial charge in [0.05, 0.1) is 16.8 Å². The van der Waals surface area contributed by atoms with Gasteiger partial charge in [0.15, 0.2) is 16.4 Å². The minimum atomic E-state index is -0.230. The Labute approximate surface area is 273 Å². The van der Waals surface area contributed by atoms with E-state index < -0.39 is 0 Å². The third-order valence-electron chi connectivity index (χ3n) is 9.35. The molecular weight excluding hydrogens is 580 g/mol. The Morgan fingerprint density at radius 3 is 2.04 bits per heavy atom. The van der Waals surface area contributed by atoms with E-state index in [1.54, 1.807) is 0 Å². The zero-order valence-electron chi connectivity index (χ0n) is 26.9. The van der Waals surface area contributed by atoms with Crippen LogP contribution in [0.2, 0.25) is 0 Å². The van der Waals surface area contributed by atoms with E-state index in [9.17, 15) is 0 Å². The van der Waals surface area contributed by atoms with Crippen molar-refractivity contribution in [2.45, 2.75) is 38.5 Å². The molecule has 8 rings (SSSR count). The summed E-state index contributed by atoms with van der Waals surface area (Å²) >= 11 is 0. The number of nitrogens with zero attached hydrogens (tertiary/aromatic N) is 8. The van der Waals surface area contributed by atoms with Crippen LogP contribution in [0.3, 0.4) is 0 Å². The molecule has 0 fully saturated rings. The first-order chi connectivity index (χ1) is 22.9. The average Bonchev–Trinajstić information content (AvgIpc) is 3.81. The lowest BCUT2D eigenvalue weighted by Gasteiger charge is -2.26. The summed E-state index contributed by atoms with van der Waals surface area (Å²) in [5.41, 5.74) is 10.1. The van der Waals surface area contributed by atoms with Gasteiger partial charge in [-0.3, -0.25) is 0 Å². The largest absolute Gasteiger partial charge is 0.235 e. The van der Waals surface area contributed by atoms with Crippen molar-refractivity contribution in [1.82, 2.24) is 34.9 Å². The van der Waals surface area contributed by atoms with Crippen molar-refractivity contribution in [3.8, 4) is 0 Å². The zero-order chi connectivity index (χ0) is 32.2. The second kappa shape index (κ2) is 10.9. The Morgan fingerprint density at radius 2 is 1.21 bits per heavy atom. The summed E-state index contributed by atoms with van der Waals surface area (Å²) in [7, 11) is 0. The minimum Gasteiger partial charge on any atom is -0.235 e. The molecule has 2 aromatic heterocycles. The first-order valence-corrected chi connectivity index (χ1v) is 15.9. The molecule has 0 unspecified atom stereocenters. The summed E-state index contributed by atoms with van der Waals surface area (Å²) in [6.07, 6.45) is 14.7. The third kappa shape index (κ3) is 4.47. The molecule has 0 saturated carbocycles. The van der Waals surface area contributed by atoms with E-state index in [2.05, 4.69) is 161 Å². The van der Waals surface area contributed by atoms with Gasteiger partial charge in [0.2, 0.25) is 0 Å². The molecule has 0 amide bonds. The Balaban J connectivity index is 1.12. The zero-order valence-corrected chi connectivity index (χ0v) is 26.9. The molecule has 0 aliphatic carbocycles. The van der Waals surface area contributed by atoms with Crippen molar-refractivity contribution >= 4 is 39.2 Å². The quantitative estimate of drug-likeness (QED) is 0.142. The lowest BCUT2D eigenvalue weighted by molar-refractivity contribution is 0.563. The summed E-state index contributed by atoms with van der Waals surface area (Å²) in [5, 5.41) is 20.2. The fraction of sp³-hybridized carbons (Fsp3) is 0.154. The van der Waals surface area contributed by atoms with Gasteiger partial charge in [-0.05, 0) is 78.3 Å². The van der Waals surface area contributed by atoms with Crippen molar-refractivity contribution in [2.24, 2.45) is 0 Å². The van der Waals surface area contributed by atoms with E-state index in [1.807, 2.05) is 46.0 Å². The van der Waals surface area contributed by atoms with Crippen LogP contribution in [0.25, 0.3) is 22.1 Å². The predicted octanol–water partition coefficient (Wildman–Crippen LogP) is 7.69. The highest BCUT2D eigenvalue weighted by atomic mass is 15.7. The van der Waals surface area contributed by atoms with E-state index in [0.29, 0.717) is 0 Å². The van der Waals surface area contributed by atoms with Crippen LogP contribution in [0.5, 0.6) is 0 Å². The predicted molar refractivity (Wildman–Crippen MR) is 190 cm³/mol. The molecule has 4 aromatic carbocycles. The van der Waals surface area contributed by atoms with Crippen LogP contribution in [0.1, 0.15) is 38.8 Å². The van der Waals surface area contributed by atoms with E-state index in [4.69, 9.17) is 0 Å². The minimum absolute atomic E-state index is 0.230. The molecule has 2 aliphatic rings. The average molecular weight is 616 g/mol. The van der Waals surface area contributed by atoms with E-state index >= 15 is 0 Å². The van der Waals surface area contributed by atoms with Gasteiger partial charge in [0.25, 0.3) is 0 Å². The maximum atomic E-state index is 4.55. The highest BCUT2D eigenvalue weighted by Gasteiger charge is 2.43. The Hall–Kier alpha value is -5.89. The molecule has 0 bridgehead atoms. The smallest absolute Gasteiger partial charge is 0.180 e. The van der Waals surface area contributed by atoms with Crippen molar-refractivity contribution < 1.29 is 0 Å². The second-order valence-corrected chi connectivity index (χ2v) is 12.9. The van der Waals surface area contributed by atoms with Gasteiger partial charge in [0, 0.05) is 15.8 Å². The van der Waals surface area contributed by atoms with Gasteiger partial charge in [-0.25, -0.2) is 5.01 Å². The number of para-hydroxylation sites is 4.